The van der Waals surface area contributed by atoms with Gasteiger partial charge in [0.15, 0.2) is 5.76 Å². The molecule has 29 heavy (non-hydrogen) atoms. The first-order chi connectivity index (χ1) is 14.0. The van der Waals surface area contributed by atoms with Crippen LogP contribution in [0, 0.1) is 0 Å². The molecule has 0 bridgehead atoms. The molecule has 2 aromatic carbocycles. The molecule has 0 saturated carbocycles. The number of ketones is 1. The lowest BCUT2D eigenvalue weighted by molar-refractivity contribution is 0.101. The summed E-state index contributed by atoms with van der Waals surface area (Å²) in [4.78, 5) is 14.9. The van der Waals surface area contributed by atoms with E-state index >= 15 is 0 Å². The topological polar surface area (TPSA) is 68.2 Å². The summed E-state index contributed by atoms with van der Waals surface area (Å²) < 4.78 is 16.2. The number of aromatic hydroxyl groups is 1. The zero-order valence-corrected chi connectivity index (χ0v) is 17.2. The van der Waals surface area contributed by atoms with Gasteiger partial charge in [-0.3, -0.25) is 9.69 Å². The Hall–Kier alpha value is -2.38. The van der Waals surface area contributed by atoms with Crippen LogP contribution in [0.5, 0.6) is 11.5 Å². The highest BCUT2D eigenvalue weighted by atomic mass is 35.5. The van der Waals surface area contributed by atoms with Gasteiger partial charge in [0.05, 0.1) is 24.3 Å². The largest absolute Gasteiger partial charge is 0.507 e. The standard InChI is InChI=1S/C22H24ClNO5/c1-27-10-8-24(9-11-28-2)14-18-19(25)7-6-17-21(26)20(29-22(17)18)13-15-4-3-5-16(23)12-15/h3-7,12-13,25H,8-11,14H2,1-2H3/b20-13+. The predicted molar refractivity (Wildman–Crippen MR) is 112 cm³/mol. The summed E-state index contributed by atoms with van der Waals surface area (Å²) in [5.41, 5.74) is 1.77. The van der Waals surface area contributed by atoms with E-state index in [1.807, 2.05) is 12.1 Å². The Bertz CT molecular complexity index is 904. The second kappa shape index (κ2) is 9.89. The molecule has 2 aromatic rings. The van der Waals surface area contributed by atoms with Crippen molar-refractivity contribution in [2.75, 3.05) is 40.5 Å². The fourth-order valence-corrected chi connectivity index (χ4v) is 3.33. The molecule has 6 nitrogen and oxygen atoms in total. The normalized spacial score (nSPS) is 14.5. The van der Waals surface area contributed by atoms with Crippen molar-refractivity contribution in [1.29, 1.82) is 0 Å². The minimum atomic E-state index is -0.221. The Morgan fingerprint density at radius 3 is 2.52 bits per heavy atom. The number of carbonyl (C=O) groups is 1. The fraction of sp³-hybridized carbons (Fsp3) is 0.318. The zero-order valence-electron chi connectivity index (χ0n) is 16.5. The lowest BCUT2D eigenvalue weighted by Gasteiger charge is -2.23. The third-order valence-corrected chi connectivity index (χ3v) is 4.90. The van der Waals surface area contributed by atoms with E-state index in [1.165, 1.54) is 6.07 Å². The van der Waals surface area contributed by atoms with Crippen LogP contribution in [0.4, 0.5) is 0 Å². The quantitative estimate of drug-likeness (QED) is 0.626. The summed E-state index contributed by atoms with van der Waals surface area (Å²) in [7, 11) is 3.28. The highest BCUT2D eigenvalue weighted by Gasteiger charge is 2.31. The number of fused-ring (bicyclic) bond motifs is 1. The number of ether oxygens (including phenoxy) is 3. The first-order valence-electron chi connectivity index (χ1n) is 9.28. The van der Waals surface area contributed by atoms with Gasteiger partial charge in [-0.05, 0) is 35.9 Å². The van der Waals surface area contributed by atoms with Gasteiger partial charge >= 0.3 is 0 Å². The van der Waals surface area contributed by atoms with Crippen LogP contribution in [0.3, 0.4) is 0 Å². The Labute approximate surface area is 175 Å². The van der Waals surface area contributed by atoms with Crippen LogP contribution in [0.2, 0.25) is 5.02 Å². The molecule has 0 atom stereocenters. The minimum absolute atomic E-state index is 0.0837. The number of hydrogen-bond donors (Lipinski definition) is 1. The van der Waals surface area contributed by atoms with E-state index in [2.05, 4.69) is 4.90 Å². The van der Waals surface area contributed by atoms with E-state index in [-0.39, 0.29) is 17.3 Å². The monoisotopic (exact) mass is 417 g/mol. The molecule has 0 fully saturated rings. The van der Waals surface area contributed by atoms with E-state index in [1.54, 1.807) is 38.5 Å². The molecule has 7 heteroatoms. The second-order valence-electron chi connectivity index (χ2n) is 6.70. The van der Waals surface area contributed by atoms with Crippen LogP contribution in [0.25, 0.3) is 6.08 Å². The van der Waals surface area contributed by atoms with Crippen molar-refractivity contribution in [2.45, 2.75) is 6.54 Å². The number of phenols is 1. The minimum Gasteiger partial charge on any atom is -0.507 e. The number of phenolic OH excluding ortho intramolecular Hbond substituents is 1. The van der Waals surface area contributed by atoms with Crippen LogP contribution in [-0.4, -0.2) is 56.3 Å². The number of methoxy groups -OCH3 is 2. The van der Waals surface area contributed by atoms with Gasteiger partial charge in [-0.25, -0.2) is 0 Å². The van der Waals surface area contributed by atoms with Gasteiger partial charge in [0, 0.05) is 38.9 Å². The summed E-state index contributed by atoms with van der Waals surface area (Å²) in [5.74, 6) is 0.458. The van der Waals surface area contributed by atoms with Crippen LogP contribution in [0.15, 0.2) is 42.2 Å². The second-order valence-corrected chi connectivity index (χ2v) is 7.13. The van der Waals surface area contributed by atoms with Crippen molar-refractivity contribution < 1.29 is 24.1 Å². The van der Waals surface area contributed by atoms with Gasteiger partial charge in [-0.1, -0.05) is 23.7 Å². The molecular weight excluding hydrogens is 394 g/mol. The highest BCUT2D eigenvalue weighted by molar-refractivity contribution is 6.30. The summed E-state index contributed by atoms with van der Waals surface area (Å²) >= 11 is 6.03. The van der Waals surface area contributed by atoms with Crippen LogP contribution < -0.4 is 4.74 Å². The molecule has 0 unspecified atom stereocenters. The van der Waals surface area contributed by atoms with Crippen LogP contribution in [0.1, 0.15) is 21.5 Å². The number of Topliss-reactive ketones (excluding diaryl/α,β-unsaturated/α-hetero) is 1. The molecule has 154 valence electrons. The summed E-state index contributed by atoms with van der Waals surface area (Å²) in [6.07, 6.45) is 1.66. The molecule has 0 aliphatic carbocycles. The average Bonchev–Trinajstić information content (AvgIpc) is 3.01. The molecular formula is C22H24ClNO5. The van der Waals surface area contributed by atoms with Gasteiger partial charge in [0.2, 0.25) is 5.78 Å². The maximum Gasteiger partial charge on any atom is 0.231 e. The molecule has 1 aliphatic heterocycles. The smallest absolute Gasteiger partial charge is 0.231 e. The number of allylic oxidation sites excluding steroid dienone is 1. The number of nitrogens with zero attached hydrogens (tertiary/aromatic N) is 1. The van der Waals surface area contributed by atoms with Gasteiger partial charge < -0.3 is 19.3 Å². The Kier molecular flexibility index (Phi) is 7.28. The van der Waals surface area contributed by atoms with Gasteiger partial charge in [0.25, 0.3) is 0 Å². The molecule has 0 saturated heterocycles. The highest BCUT2D eigenvalue weighted by Crippen LogP contribution is 2.40. The number of benzene rings is 2. The molecule has 3 rings (SSSR count). The first kappa shape index (κ1) is 21.3. The van der Waals surface area contributed by atoms with Crippen molar-refractivity contribution in [3.8, 4) is 11.5 Å². The zero-order chi connectivity index (χ0) is 20.8. The Morgan fingerprint density at radius 1 is 1.14 bits per heavy atom. The fourth-order valence-electron chi connectivity index (χ4n) is 3.13. The molecule has 0 amide bonds. The van der Waals surface area contributed by atoms with E-state index in [4.69, 9.17) is 25.8 Å². The SMILES string of the molecule is COCCN(CCOC)Cc1c(O)ccc2c1O/C(=C/c1cccc(Cl)c1)C2=O. The maximum absolute atomic E-state index is 12.8. The molecule has 1 heterocycles. The van der Waals surface area contributed by atoms with Crippen molar-refractivity contribution in [3.63, 3.8) is 0 Å². The van der Waals surface area contributed by atoms with E-state index in [0.29, 0.717) is 54.7 Å². The third-order valence-electron chi connectivity index (χ3n) is 4.67. The third kappa shape index (κ3) is 5.16. The van der Waals surface area contributed by atoms with E-state index in [9.17, 15) is 9.90 Å². The van der Waals surface area contributed by atoms with Gasteiger partial charge in [-0.2, -0.15) is 0 Å². The van der Waals surface area contributed by atoms with Crippen molar-refractivity contribution in [3.05, 3.63) is 63.9 Å². The lowest BCUT2D eigenvalue weighted by atomic mass is 10.0. The van der Waals surface area contributed by atoms with Crippen molar-refractivity contribution in [2.24, 2.45) is 0 Å². The Balaban J connectivity index is 1.89. The number of halogens is 1. The number of carbonyl (C=O) groups excluding carboxylic acids is 1. The van der Waals surface area contributed by atoms with Gasteiger partial charge in [-0.15, -0.1) is 0 Å². The van der Waals surface area contributed by atoms with Crippen molar-refractivity contribution >= 4 is 23.5 Å². The van der Waals surface area contributed by atoms with Crippen LogP contribution >= 0.6 is 11.6 Å². The Morgan fingerprint density at radius 2 is 1.86 bits per heavy atom. The maximum atomic E-state index is 12.8. The number of rotatable bonds is 9. The van der Waals surface area contributed by atoms with Crippen molar-refractivity contribution in [1.82, 2.24) is 4.90 Å². The summed E-state index contributed by atoms with van der Waals surface area (Å²) in [5, 5.41) is 11.0. The lowest BCUT2D eigenvalue weighted by Crippen LogP contribution is -2.30. The number of hydrogen-bond acceptors (Lipinski definition) is 6. The molecule has 1 aliphatic rings. The summed E-state index contributed by atoms with van der Waals surface area (Å²) in [6, 6.07) is 10.3. The van der Waals surface area contributed by atoms with Gasteiger partial charge in [0.1, 0.15) is 11.5 Å². The predicted octanol–water partition coefficient (Wildman–Crippen LogP) is 3.76. The molecule has 0 radical (unpaired) electrons. The van der Waals surface area contributed by atoms with E-state index in [0.717, 1.165) is 5.56 Å². The van der Waals surface area contributed by atoms with E-state index < -0.39 is 0 Å². The molecule has 0 aromatic heterocycles. The average molecular weight is 418 g/mol. The van der Waals surface area contributed by atoms with Crippen LogP contribution in [-0.2, 0) is 16.0 Å². The summed E-state index contributed by atoms with van der Waals surface area (Å²) in [6.45, 7) is 2.79. The first-order valence-corrected chi connectivity index (χ1v) is 9.66. The molecule has 1 N–H and O–H groups in total. The molecule has 0 spiro atoms.